The fourth-order valence-electron chi connectivity index (χ4n) is 2.23. The van der Waals surface area contributed by atoms with Crippen LogP contribution in [0.4, 0.5) is 5.69 Å². The smallest absolute Gasteiger partial charge is 0.257 e. The number of likely N-dealkylation sites (N-methyl/N-ethyl adjacent to an activating group) is 1. The molecule has 21 heavy (non-hydrogen) atoms. The molecule has 0 unspecified atom stereocenters. The van der Waals surface area contributed by atoms with Crippen molar-refractivity contribution in [3.63, 3.8) is 0 Å². The first-order valence-electron chi connectivity index (χ1n) is 7.30. The first-order chi connectivity index (χ1) is 10.1. The van der Waals surface area contributed by atoms with Crippen molar-refractivity contribution in [1.29, 1.82) is 0 Å². The lowest BCUT2D eigenvalue weighted by atomic mass is 10.3. The highest BCUT2D eigenvalue weighted by molar-refractivity contribution is 5.77. The van der Waals surface area contributed by atoms with E-state index in [0.717, 1.165) is 32.7 Å². The lowest BCUT2D eigenvalue weighted by molar-refractivity contribution is -0.123. The summed E-state index contributed by atoms with van der Waals surface area (Å²) >= 11 is 0. The zero-order valence-electron chi connectivity index (χ0n) is 12.5. The maximum atomic E-state index is 11.7. The van der Waals surface area contributed by atoms with E-state index in [0.29, 0.717) is 18.0 Å². The van der Waals surface area contributed by atoms with Crippen LogP contribution in [0.1, 0.15) is 0 Å². The number of rotatable bonds is 6. The molecule has 2 rings (SSSR count). The van der Waals surface area contributed by atoms with Crippen LogP contribution >= 0.6 is 0 Å². The average molecular weight is 292 g/mol. The van der Waals surface area contributed by atoms with Crippen LogP contribution in [0, 0.1) is 0 Å². The molecule has 6 nitrogen and oxygen atoms in total. The largest absolute Gasteiger partial charge is 0.482 e. The SMILES string of the molecule is CN1CCN(CCNC(=O)COc2ccccc2N)CC1. The summed E-state index contributed by atoms with van der Waals surface area (Å²) < 4.78 is 5.40. The molecule has 6 heteroatoms. The van der Waals surface area contributed by atoms with Crippen LogP contribution in [0.25, 0.3) is 0 Å². The van der Waals surface area contributed by atoms with E-state index in [-0.39, 0.29) is 12.5 Å². The van der Waals surface area contributed by atoms with Gasteiger partial charge in [0, 0.05) is 39.3 Å². The Bertz CT molecular complexity index is 459. The normalized spacial score (nSPS) is 16.6. The molecule has 1 amide bonds. The number of nitrogens with two attached hydrogens (primary N) is 1. The van der Waals surface area contributed by atoms with E-state index in [9.17, 15) is 4.79 Å². The zero-order chi connectivity index (χ0) is 15.1. The highest BCUT2D eigenvalue weighted by Gasteiger charge is 2.13. The number of carbonyl (C=O) groups excluding carboxylic acids is 1. The third-order valence-corrected chi connectivity index (χ3v) is 3.62. The molecule has 1 aromatic rings. The van der Waals surface area contributed by atoms with Crippen LogP contribution in [0.3, 0.4) is 0 Å². The number of benzene rings is 1. The van der Waals surface area contributed by atoms with Gasteiger partial charge < -0.3 is 20.7 Å². The van der Waals surface area contributed by atoms with E-state index in [1.54, 1.807) is 12.1 Å². The van der Waals surface area contributed by atoms with Crippen molar-refractivity contribution in [2.75, 3.05) is 58.7 Å². The minimum absolute atomic E-state index is 0.00302. The summed E-state index contributed by atoms with van der Waals surface area (Å²) in [4.78, 5) is 16.4. The summed E-state index contributed by atoms with van der Waals surface area (Å²) in [6.07, 6.45) is 0. The Balaban J connectivity index is 1.61. The second kappa shape index (κ2) is 7.85. The Morgan fingerprint density at radius 3 is 2.71 bits per heavy atom. The summed E-state index contributed by atoms with van der Waals surface area (Å²) in [6.45, 7) is 5.82. The van der Waals surface area contributed by atoms with Crippen LogP contribution in [0.2, 0.25) is 0 Å². The van der Waals surface area contributed by atoms with Crippen LogP contribution in [-0.4, -0.2) is 68.6 Å². The Kier molecular flexibility index (Phi) is 5.83. The van der Waals surface area contributed by atoms with Crippen LogP contribution in [-0.2, 0) is 4.79 Å². The van der Waals surface area contributed by atoms with E-state index >= 15 is 0 Å². The number of hydrogen-bond donors (Lipinski definition) is 2. The number of hydrogen-bond acceptors (Lipinski definition) is 5. The Morgan fingerprint density at radius 2 is 2.00 bits per heavy atom. The minimum atomic E-state index is -0.118. The van der Waals surface area contributed by atoms with E-state index in [2.05, 4.69) is 22.2 Å². The van der Waals surface area contributed by atoms with Gasteiger partial charge in [-0.2, -0.15) is 0 Å². The quantitative estimate of drug-likeness (QED) is 0.723. The number of piperazine rings is 1. The number of nitrogen functional groups attached to an aromatic ring is 1. The molecule has 0 bridgehead atoms. The van der Waals surface area contributed by atoms with Crippen molar-refractivity contribution in [1.82, 2.24) is 15.1 Å². The van der Waals surface area contributed by atoms with Gasteiger partial charge >= 0.3 is 0 Å². The van der Waals surface area contributed by atoms with Crippen LogP contribution in [0.15, 0.2) is 24.3 Å². The number of anilines is 1. The number of para-hydroxylation sites is 2. The number of nitrogens with one attached hydrogen (secondary N) is 1. The first-order valence-corrected chi connectivity index (χ1v) is 7.30. The molecule has 1 aromatic carbocycles. The third kappa shape index (κ3) is 5.24. The molecule has 1 saturated heterocycles. The Morgan fingerprint density at radius 1 is 1.29 bits per heavy atom. The fourth-order valence-corrected chi connectivity index (χ4v) is 2.23. The van der Waals surface area contributed by atoms with Gasteiger partial charge in [-0.05, 0) is 19.2 Å². The van der Waals surface area contributed by atoms with Crippen molar-refractivity contribution in [2.45, 2.75) is 0 Å². The van der Waals surface area contributed by atoms with Crippen LogP contribution in [0.5, 0.6) is 5.75 Å². The van der Waals surface area contributed by atoms with Gasteiger partial charge in [0.1, 0.15) is 5.75 Å². The molecule has 0 atom stereocenters. The minimum Gasteiger partial charge on any atom is -0.482 e. The molecule has 0 aromatic heterocycles. The summed E-state index contributed by atoms with van der Waals surface area (Å²) in [5.74, 6) is 0.430. The van der Waals surface area contributed by atoms with E-state index in [1.165, 1.54) is 0 Å². The van der Waals surface area contributed by atoms with Gasteiger partial charge in [-0.3, -0.25) is 9.69 Å². The molecule has 1 fully saturated rings. The van der Waals surface area contributed by atoms with Gasteiger partial charge in [-0.15, -0.1) is 0 Å². The van der Waals surface area contributed by atoms with Crippen molar-refractivity contribution in [2.24, 2.45) is 0 Å². The standard InChI is InChI=1S/C15H24N4O2/c1-18-8-10-19(11-9-18)7-6-17-15(20)12-21-14-5-3-2-4-13(14)16/h2-5H,6-12,16H2,1H3,(H,17,20). The van der Waals surface area contributed by atoms with Crippen molar-refractivity contribution >= 4 is 11.6 Å². The van der Waals surface area contributed by atoms with E-state index in [4.69, 9.17) is 10.5 Å². The second-order valence-electron chi connectivity index (χ2n) is 5.32. The molecule has 0 radical (unpaired) electrons. The van der Waals surface area contributed by atoms with Crippen molar-refractivity contribution < 1.29 is 9.53 Å². The molecule has 0 spiro atoms. The van der Waals surface area contributed by atoms with Gasteiger partial charge in [0.25, 0.3) is 5.91 Å². The molecule has 0 saturated carbocycles. The maximum absolute atomic E-state index is 11.7. The fraction of sp³-hybridized carbons (Fsp3) is 0.533. The molecular formula is C15H24N4O2. The summed E-state index contributed by atoms with van der Waals surface area (Å²) in [7, 11) is 2.13. The lowest BCUT2D eigenvalue weighted by Gasteiger charge is -2.32. The number of carbonyl (C=O) groups is 1. The Hall–Kier alpha value is -1.79. The lowest BCUT2D eigenvalue weighted by Crippen LogP contribution is -2.47. The van der Waals surface area contributed by atoms with Gasteiger partial charge in [0.2, 0.25) is 0 Å². The van der Waals surface area contributed by atoms with Gasteiger partial charge in [0.05, 0.1) is 5.69 Å². The number of amides is 1. The topological polar surface area (TPSA) is 70.8 Å². The Labute approximate surface area is 125 Å². The molecule has 1 heterocycles. The van der Waals surface area contributed by atoms with Gasteiger partial charge in [-0.1, -0.05) is 12.1 Å². The second-order valence-corrected chi connectivity index (χ2v) is 5.32. The van der Waals surface area contributed by atoms with Crippen molar-refractivity contribution in [3.8, 4) is 5.75 Å². The molecular weight excluding hydrogens is 268 g/mol. The molecule has 1 aliphatic rings. The van der Waals surface area contributed by atoms with Crippen LogP contribution < -0.4 is 15.8 Å². The predicted molar refractivity (Wildman–Crippen MR) is 83.3 cm³/mol. The molecule has 116 valence electrons. The third-order valence-electron chi connectivity index (χ3n) is 3.62. The monoisotopic (exact) mass is 292 g/mol. The van der Waals surface area contributed by atoms with E-state index < -0.39 is 0 Å². The van der Waals surface area contributed by atoms with Crippen molar-refractivity contribution in [3.05, 3.63) is 24.3 Å². The summed E-state index contributed by atoms with van der Waals surface area (Å²) in [5.41, 5.74) is 6.29. The number of ether oxygens (including phenoxy) is 1. The van der Waals surface area contributed by atoms with Gasteiger partial charge in [-0.25, -0.2) is 0 Å². The van der Waals surface area contributed by atoms with Gasteiger partial charge in [0.15, 0.2) is 6.61 Å². The first kappa shape index (κ1) is 15.6. The predicted octanol–water partition coefficient (Wildman–Crippen LogP) is 0.0112. The molecule has 3 N–H and O–H groups in total. The number of nitrogens with zero attached hydrogens (tertiary/aromatic N) is 2. The average Bonchev–Trinajstić information content (AvgIpc) is 2.48. The maximum Gasteiger partial charge on any atom is 0.257 e. The highest BCUT2D eigenvalue weighted by atomic mass is 16.5. The summed E-state index contributed by atoms with van der Waals surface area (Å²) in [6, 6.07) is 7.17. The zero-order valence-corrected chi connectivity index (χ0v) is 12.5. The summed E-state index contributed by atoms with van der Waals surface area (Å²) in [5, 5.41) is 2.87. The van der Waals surface area contributed by atoms with E-state index in [1.807, 2.05) is 12.1 Å². The highest BCUT2D eigenvalue weighted by Crippen LogP contribution is 2.19. The molecule has 0 aliphatic carbocycles. The molecule has 1 aliphatic heterocycles.